The molecule has 0 atom stereocenters. The molecule has 0 unspecified atom stereocenters. The summed E-state index contributed by atoms with van der Waals surface area (Å²) in [6.07, 6.45) is 0.636. The molecule has 0 amide bonds. The van der Waals surface area contributed by atoms with Crippen LogP contribution in [0.1, 0.15) is 5.69 Å². The van der Waals surface area contributed by atoms with Crippen LogP contribution in [0.4, 0.5) is 14.7 Å². The highest BCUT2D eigenvalue weighted by Gasteiger charge is 2.13. The standard InChI is InChI=1S/C12H10F2N4S/c13-7-3-9(14)11-10(4-7)18(12(15)17-11)2-1-8-5-19-6-16-8/h3-6H,1-2H2,(H2,15,17). The molecule has 0 fully saturated rings. The van der Waals surface area contributed by atoms with Gasteiger partial charge in [0.2, 0.25) is 5.95 Å². The summed E-state index contributed by atoms with van der Waals surface area (Å²) in [6.45, 7) is 0.481. The van der Waals surface area contributed by atoms with E-state index in [1.54, 1.807) is 10.1 Å². The molecule has 0 aliphatic carbocycles. The van der Waals surface area contributed by atoms with Crippen LogP contribution in [0.2, 0.25) is 0 Å². The zero-order chi connectivity index (χ0) is 13.4. The fourth-order valence-corrected chi connectivity index (χ4v) is 2.58. The van der Waals surface area contributed by atoms with Crippen molar-refractivity contribution in [2.24, 2.45) is 0 Å². The predicted octanol–water partition coefficient (Wildman–Crippen LogP) is 2.60. The largest absolute Gasteiger partial charge is 0.369 e. The van der Waals surface area contributed by atoms with E-state index in [4.69, 9.17) is 5.73 Å². The van der Waals surface area contributed by atoms with E-state index in [2.05, 4.69) is 9.97 Å². The number of benzene rings is 1. The number of hydrogen-bond acceptors (Lipinski definition) is 4. The minimum Gasteiger partial charge on any atom is -0.369 e. The van der Waals surface area contributed by atoms with Crippen molar-refractivity contribution in [3.63, 3.8) is 0 Å². The van der Waals surface area contributed by atoms with Crippen LogP contribution in [0.15, 0.2) is 23.0 Å². The van der Waals surface area contributed by atoms with Gasteiger partial charge in [-0.2, -0.15) is 0 Å². The van der Waals surface area contributed by atoms with Crippen molar-refractivity contribution >= 4 is 28.3 Å². The zero-order valence-corrected chi connectivity index (χ0v) is 10.6. The molecule has 1 aromatic carbocycles. The Morgan fingerprint density at radius 1 is 1.32 bits per heavy atom. The van der Waals surface area contributed by atoms with E-state index in [-0.39, 0.29) is 11.5 Å². The number of hydrogen-bond donors (Lipinski definition) is 1. The van der Waals surface area contributed by atoms with Crippen molar-refractivity contribution in [2.75, 3.05) is 5.73 Å². The molecular formula is C12H10F2N4S. The summed E-state index contributed by atoms with van der Waals surface area (Å²) in [6, 6.07) is 2.04. The van der Waals surface area contributed by atoms with Crippen LogP contribution in [0.25, 0.3) is 11.0 Å². The molecule has 3 rings (SSSR count). The first-order valence-electron chi connectivity index (χ1n) is 5.63. The molecule has 19 heavy (non-hydrogen) atoms. The molecule has 0 saturated carbocycles. The van der Waals surface area contributed by atoms with Crippen LogP contribution >= 0.6 is 11.3 Å². The number of thiazole rings is 1. The van der Waals surface area contributed by atoms with Crippen molar-refractivity contribution in [2.45, 2.75) is 13.0 Å². The van der Waals surface area contributed by atoms with Crippen molar-refractivity contribution in [3.8, 4) is 0 Å². The average Bonchev–Trinajstić information content (AvgIpc) is 2.95. The highest BCUT2D eigenvalue weighted by molar-refractivity contribution is 7.07. The predicted molar refractivity (Wildman–Crippen MR) is 69.9 cm³/mol. The van der Waals surface area contributed by atoms with Gasteiger partial charge in [-0.3, -0.25) is 0 Å². The van der Waals surface area contributed by atoms with Crippen LogP contribution in [0, 0.1) is 11.6 Å². The first-order chi connectivity index (χ1) is 9.15. The van der Waals surface area contributed by atoms with Gasteiger partial charge in [0.15, 0.2) is 5.82 Å². The molecule has 3 aromatic rings. The number of nitrogen functional groups attached to an aromatic ring is 1. The second-order valence-corrected chi connectivity index (χ2v) is 4.83. The average molecular weight is 280 g/mol. The Bertz CT molecular complexity index is 721. The van der Waals surface area contributed by atoms with Gasteiger partial charge in [0, 0.05) is 30.5 Å². The molecule has 98 valence electrons. The minimum absolute atomic E-state index is 0.0946. The quantitative estimate of drug-likeness (QED) is 0.802. The summed E-state index contributed by atoms with van der Waals surface area (Å²) in [5.74, 6) is -1.16. The third-order valence-corrected chi connectivity index (χ3v) is 3.51. The van der Waals surface area contributed by atoms with E-state index in [1.807, 2.05) is 5.38 Å². The molecule has 7 heteroatoms. The number of nitrogens with two attached hydrogens (primary N) is 1. The van der Waals surface area contributed by atoms with Gasteiger partial charge >= 0.3 is 0 Å². The Labute approximate surface area is 111 Å². The van der Waals surface area contributed by atoms with Gasteiger partial charge in [-0.1, -0.05) is 0 Å². The minimum atomic E-state index is -0.700. The molecular weight excluding hydrogens is 270 g/mol. The van der Waals surface area contributed by atoms with Crippen molar-refractivity contribution in [3.05, 3.63) is 40.4 Å². The topological polar surface area (TPSA) is 56.7 Å². The van der Waals surface area contributed by atoms with Gasteiger partial charge in [0.05, 0.1) is 16.7 Å². The van der Waals surface area contributed by atoms with Gasteiger partial charge in [-0.25, -0.2) is 18.7 Å². The summed E-state index contributed by atoms with van der Waals surface area (Å²) in [7, 11) is 0. The van der Waals surface area contributed by atoms with Gasteiger partial charge in [-0.15, -0.1) is 11.3 Å². The SMILES string of the molecule is Nc1nc2c(F)cc(F)cc2n1CCc1cscn1. The van der Waals surface area contributed by atoms with E-state index < -0.39 is 11.6 Å². The molecule has 0 spiro atoms. The number of rotatable bonds is 3. The van der Waals surface area contributed by atoms with Crippen LogP contribution in [-0.2, 0) is 13.0 Å². The third kappa shape index (κ3) is 2.17. The Morgan fingerprint density at radius 3 is 2.89 bits per heavy atom. The zero-order valence-electron chi connectivity index (χ0n) is 9.81. The maximum atomic E-state index is 13.6. The molecule has 4 nitrogen and oxygen atoms in total. The number of fused-ring (bicyclic) bond motifs is 1. The first-order valence-corrected chi connectivity index (χ1v) is 6.57. The highest BCUT2D eigenvalue weighted by Crippen LogP contribution is 2.22. The molecule has 0 aliphatic rings. The fraction of sp³-hybridized carbons (Fsp3) is 0.167. The third-order valence-electron chi connectivity index (χ3n) is 2.88. The van der Waals surface area contributed by atoms with Gasteiger partial charge in [0.1, 0.15) is 11.3 Å². The molecule has 2 aromatic heterocycles. The Kier molecular flexibility index (Phi) is 2.90. The van der Waals surface area contributed by atoms with Crippen LogP contribution in [-0.4, -0.2) is 14.5 Å². The molecule has 0 bridgehead atoms. The number of halogens is 2. The van der Waals surface area contributed by atoms with Crippen LogP contribution < -0.4 is 5.73 Å². The molecule has 0 saturated heterocycles. The first kappa shape index (κ1) is 12.0. The highest BCUT2D eigenvalue weighted by atomic mass is 32.1. The molecule has 0 radical (unpaired) electrons. The van der Waals surface area contributed by atoms with Crippen molar-refractivity contribution < 1.29 is 8.78 Å². The Balaban J connectivity index is 2.00. The summed E-state index contributed by atoms with van der Waals surface area (Å²) in [5, 5.41) is 1.93. The van der Waals surface area contributed by atoms with E-state index in [0.717, 1.165) is 11.8 Å². The maximum absolute atomic E-state index is 13.6. The lowest BCUT2D eigenvalue weighted by Gasteiger charge is -2.05. The summed E-state index contributed by atoms with van der Waals surface area (Å²) in [5.41, 5.74) is 8.88. The van der Waals surface area contributed by atoms with Crippen LogP contribution in [0.5, 0.6) is 0 Å². The lowest BCUT2D eigenvalue weighted by molar-refractivity contribution is 0.589. The number of imidazole rings is 1. The molecule has 0 aliphatic heterocycles. The lowest BCUT2D eigenvalue weighted by atomic mass is 10.3. The summed E-state index contributed by atoms with van der Waals surface area (Å²) < 4.78 is 28.4. The number of nitrogens with zero attached hydrogens (tertiary/aromatic N) is 3. The summed E-state index contributed by atoms with van der Waals surface area (Å²) in [4.78, 5) is 8.09. The Hall–Kier alpha value is -2.02. The van der Waals surface area contributed by atoms with E-state index in [9.17, 15) is 8.78 Å². The van der Waals surface area contributed by atoms with E-state index in [1.165, 1.54) is 17.4 Å². The number of anilines is 1. The number of aromatic nitrogens is 3. The molecule has 2 N–H and O–H groups in total. The summed E-state index contributed by atoms with van der Waals surface area (Å²) >= 11 is 1.50. The second-order valence-electron chi connectivity index (χ2n) is 4.11. The van der Waals surface area contributed by atoms with E-state index >= 15 is 0 Å². The second kappa shape index (κ2) is 4.58. The van der Waals surface area contributed by atoms with Crippen molar-refractivity contribution in [1.82, 2.24) is 14.5 Å². The molecule has 2 heterocycles. The van der Waals surface area contributed by atoms with E-state index in [0.29, 0.717) is 18.5 Å². The number of aryl methyl sites for hydroxylation is 2. The van der Waals surface area contributed by atoms with Gasteiger partial charge in [-0.05, 0) is 0 Å². The monoisotopic (exact) mass is 280 g/mol. The van der Waals surface area contributed by atoms with Gasteiger partial charge in [0.25, 0.3) is 0 Å². The Morgan fingerprint density at radius 2 is 2.16 bits per heavy atom. The van der Waals surface area contributed by atoms with Crippen LogP contribution in [0.3, 0.4) is 0 Å². The van der Waals surface area contributed by atoms with Crippen molar-refractivity contribution in [1.29, 1.82) is 0 Å². The smallest absolute Gasteiger partial charge is 0.201 e. The normalized spacial score (nSPS) is 11.3. The lowest BCUT2D eigenvalue weighted by Crippen LogP contribution is -2.06. The fourth-order valence-electron chi connectivity index (χ4n) is 1.99. The maximum Gasteiger partial charge on any atom is 0.201 e. The van der Waals surface area contributed by atoms with Gasteiger partial charge < -0.3 is 10.3 Å².